The van der Waals surface area contributed by atoms with Gasteiger partial charge in [0.2, 0.25) is 0 Å². The zero-order valence-corrected chi connectivity index (χ0v) is 12.8. The van der Waals surface area contributed by atoms with Crippen molar-refractivity contribution < 1.29 is 0 Å². The smallest absolute Gasteiger partial charge is 0.0721 e. The van der Waals surface area contributed by atoms with Crippen LogP contribution in [0.2, 0.25) is 0 Å². The number of pyridine rings is 2. The third-order valence-corrected chi connectivity index (χ3v) is 4.62. The minimum Gasteiger partial charge on any atom is -0.383 e. The SMILES string of the molecule is c1cc(C2CC2)cc(-c2cncc(NC[C@H]3CCNC3)c2)n1. The largest absolute Gasteiger partial charge is 0.383 e. The molecule has 2 aromatic rings. The molecule has 0 aromatic carbocycles. The Morgan fingerprint density at radius 1 is 1.18 bits per heavy atom. The summed E-state index contributed by atoms with van der Waals surface area (Å²) in [6.07, 6.45) is 9.62. The predicted octanol–water partition coefficient (Wildman–Crippen LogP) is 3.04. The van der Waals surface area contributed by atoms with Crippen molar-refractivity contribution in [3.63, 3.8) is 0 Å². The summed E-state index contributed by atoms with van der Waals surface area (Å²) < 4.78 is 0. The van der Waals surface area contributed by atoms with Crippen molar-refractivity contribution in [2.24, 2.45) is 5.92 Å². The monoisotopic (exact) mass is 294 g/mol. The van der Waals surface area contributed by atoms with Gasteiger partial charge in [0.1, 0.15) is 0 Å². The highest BCUT2D eigenvalue weighted by Crippen LogP contribution is 2.40. The van der Waals surface area contributed by atoms with E-state index in [2.05, 4.69) is 38.8 Å². The summed E-state index contributed by atoms with van der Waals surface area (Å²) >= 11 is 0. The molecule has 0 spiro atoms. The fourth-order valence-electron chi connectivity index (χ4n) is 3.10. The van der Waals surface area contributed by atoms with E-state index in [1.807, 2.05) is 18.6 Å². The van der Waals surface area contributed by atoms with Gasteiger partial charge in [0.25, 0.3) is 0 Å². The Morgan fingerprint density at radius 3 is 2.95 bits per heavy atom. The lowest BCUT2D eigenvalue weighted by Crippen LogP contribution is -2.17. The molecule has 1 saturated heterocycles. The van der Waals surface area contributed by atoms with Gasteiger partial charge in [-0.2, -0.15) is 0 Å². The molecule has 3 heterocycles. The van der Waals surface area contributed by atoms with Crippen LogP contribution in [0.15, 0.2) is 36.8 Å². The number of nitrogens with zero attached hydrogens (tertiary/aromatic N) is 2. The normalized spacial score (nSPS) is 21.0. The van der Waals surface area contributed by atoms with Crippen molar-refractivity contribution >= 4 is 5.69 Å². The summed E-state index contributed by atoms with van der Waals surface area (Å²) in [7, 11) is 0. The highest BCUT2D eigenvalue weighted by atomic mass is 14.9. The Kier molecular flexibility index (Phi) is 3.77. The molecule has 4 heteroatoms. The van der Waals surface area contributed by atoms with E-state index in [1.165, 1.54) is 24.8 Å². The van der Waals surface area contributed by atoms with Crippen molar-refractivity contribution in [3.8, 4) is 11.3 Å². The maximum absolute atomic E-state index is 4.52. The standard InChI is InChI=1S/C18H22N4/c1-2-14(1)15-4-6-21-18(8-15)16-7-17(12-20-11-16)22-10-13-3-5-19-9-13/h4,6-8,11-14,19,22H,1-3,5,9-10H2/t13-/m0/s1. The fraction of sp³-hybridized carbons (Fsp3) is 0.444. The van der Waals surface area contributed by atoms with Gasteiger partial charge in [-0.25, -0.2) is 0 Å². The second-order valence-corrected chi connectivity index (χ2v) is 6.45. The topological polar surface area (TPSA) is 49.8 Å². The predicted molar refractivity (Wildman–Crippen MR) is 88.9 cm³/mol. The minimum absolute atomic E-state index is 0.722. The molecule has 0 unspecified atom stereocenters. The van der Waals surface area contributed by atoms with Crippen LogP contribution in [0.3, 0.4) is 0 Å². The zero-order chi connectivity index (χ0) is 14.8. The number of rotatable bonds is 5. The van der Waals surface area contributed by atoms with Gasteiger partial charge in [0.15, 0.2) is 0 Å². The first-order chi connectivity index (χ1) is 10.9. The van der Waals surface area contributed by atoms with E-state index >= 15 is 0 Å². The third-order valence-electron chi connectivity index (χ3n) is 4.62. The van der Waals surface area contributed by atoms with Crippen LogP contribution >= 0.6 is 0 Å². The van der Waals surface area contributed by atoms with E-state index in [1.54, 1.807) is 0 Å². The van der Waals surface area contributed by atoms with Crippen LogP contribution in [-0.4, -0.2) is 29.6 Å². The molecule has 1 atom stereocenters. The van der Waals surface area contributed by atoms with E-state index in [0.717, 1.165) is 48.4 Å². The quantitative estimate of drug-likeness (QED) is 0.890. The molecule has 114 valence electrons. The number of aromatic nitrogens is 2. The molecular formula is C18H22N4. The number of anilines is 1. The summed E-state index contributed by atoms with van der Waals surface area (Å²) in [5.41, 5.74) is 4.63. The average molecular weight is 294 g/mol. The molecule has 4 rings (SSSR count). The van der Waals surface area contributed by atoms with E-state index in [9.17, 15) is 0 Å². The molecule has 0 amide bonds. The first kappa shape index (κ1) is 13.7. The Labute approximate surface area is 131 Å². The minimum atomic E-state index is 0.722. The third kappa shape index (κ3) is 3.12. The van der Waals surface area contributed by atoms with Crippen LogP contribution in [0.5, 0.6) is 0 Å². The van der Waals surface area contributed by atoms with Gasteiger partial charge in [-0.1, -0.05) is 0 Å². The Bertz CT molecular complexity index is 645. The lowest BCUT2D eigenvalue weighted by molar-refractivity contribution is 0.615. The van der Waals surface area contributed by atoms with Crippen LogP contribution in [0.25, 0.3) is 11.3 Å². The van der Waals surface area contributed by atoms with Crippen LogP contribution in [0.4, 0.5) is 5.69 Å². The molecule has 2 aliphatic rings. The molecule has 1 aliphatic carbocycles. The summed E-state index contributed by atoms with van der Waals surface area (Å²) in [5, 5.41) is 6.92. The molecule has 4 nitrogen and oxygen atoms in total. The van der Waals surface area contributed by atoms with Crippen LogP contribution in [-0.2, 0) is 0 Å². The molecule has 1 saturated carbocycles. The van der Waals surface area contributed by atoms with E-state index in [0.29, 0.717) is 0 Å². The molecule has 2 aromatic heterocycles. The maximum atomic E-state index is 4.52. The highest BCUT2D eigenvalue weighted by molar-refractivity contribution is 5.64. The van der Waals surface area contributed by atoms with Gasteiger partial charge in [-0.05, 0) is 68.0 Å². The molecule has 2 fully saturated rings. The highest BCUT2D eigenvalue weighted by Gasteiger charge is 2.23. The summed E-state index contributed by atoms with van der Waals surface area (Å²) in [5.74, 6) is 1.48. The summed E-state index contributed by atoms with van der Waals surface area (Å²) in [4.78, 5) is 8.90. The number of hydrogen-bond donors (Lipinski definition) is 2. The van der Waals surface area contributed by atoms with Gasteiger partial charge in [0.05, 0.1) is 11.4 Å². The van der Waals surface area contributed by atoms with Crippen molar-refractivity contribution in [1.82, 2.24) is 15.3 Å². The van der Waals surface area contributed by atoms with Gasteiger partial charge in [-0.3, -0.25) is 9.97 Å². The first-order valence-corrected chi connectivity index (χ1v) is 8.24. The lowest BCUT2D eigenvalue weighted by atomic mass is 10.1. The van der Waals surface area contributed by atoms with Crippen molar-refractivity contribution in [2.75, 3.05) is 25.0 Å². The molecular weight excluding hydrogens is 272 g/mol. The van der Waals surface area contributed by atoms with Gasteiger partial charge >= 0.3 is 0 Å². The lowest BCUT2D eigenvalue weighted by Gasteiger charge is -2.12. The van der Waals surface area contributed by atoms with E-state index in [-0.39, 0.29) is 0 Å². The molecule has 0 radical (unpaired) electrons. The van der Waals surface area contributed by atoms with Gasteiger partial charge in [0, 0.05) is 30.7 Å². The summed E-state index contributed by atoms with van der Waals surface area (Å²) in [6.45, 7) is 3.27. The first-order valence-electron chi connectivity index (χ1n) is 8.24. The van der Waals surface area contributed by atoms with Gasteiger partial charge in [-0.15, -0.1) is 0 Å². The Hall–Kier alpha value is -1.94. The van der Waals surface area contributed by atoms with Gasteiger partial charge < -0.3 is 10.6 Å². The van der Waals surface area contributed by atoms with Crippen LogP contribution < -0.4 is 10.6 Å². The Morgan fingerprint density at radius 2 is 2.14 bits per heavy atom. The number of nitrogens with one attached hydrogen (secondary N) is 2. The van der Waals surface area contributed by atoms with Crippen molar-refractivity contribution in [1.29, 1.82) is 0 Å². The number of hydrogen-bond acceptors (Lipinski definition) is 4. The summed E-state index contributed by atoms with van der Waals surface area (Å²) in [6, 6.07) is 6.53. The second kappa shape index (κ2) is 6.05. The second-order valence-electron chi connectivity index (χ2n) is 6.45. The molecule has 1 aliphatic heterocycles. The zero-order valence-electron chi connectivity index (χ0n) is 12.8. The van der Waals surface area contributed by atoms with Crippen molar-refractivity contribution in [3.05, 3.63) is 42.4 Å². The average Bonchev–Trinajstić information content (AvgIpc) is 3.30. The van der Waals surface area contributed by atoms with Crippen LogP contribution in [0.1, 0.15) is 30.7 Å². The van der Waals surface area contributed by atoms with Crippen LogP contribution in [0, 0.1) is 5.92 Å². The molecule has 2 N–H and O–H groups in total. The Balaban J connectivity index is 1.49. The maximum Gasteiger partial charge on any atom is 0.0721 e. The molecule has 0 bridgehead atoms. The van der Waals surface area contributed by atoms with E-state index in [4.69, 9.17) is 0 Å². The van der Waals surface area contributed by atoms with Crippen molar-refractivity contribution in [2.45, 2.75) is 25.2 Å². The van der Waals surface area contributed by atoms with E-state index < -0.39 is 0 Å². The molecule has 22 heavy (non-hydrogen) atoms. The fourth-order valence-corrected chi connectivity index (χ4v) is 3.10.